The number of hydrogen-bond donors (Lipinski definition) is 1. The predicted molar refractivity (Wildman–Crippen MR) is 71.2 cm³/mol. The Labute approximate surface area is 110 Å². The maximum absolute atomic E-state index is 5.57. The van der Waals surface area contributed by atoms with Crippen molar-refractivity contribution in [3.05, 3.63) is 21.7 Å². The Morgan fingerprint density at radius 3 is 2.75 bits per heavy atom. The minimum Gasteiger partial charge on any atom is -0.454 e. The van der Waals surface area contributed by atoms with E-state index in [1.807, 2.05) is 6.07 Å². The molecular formula is C12H17IN2O. The summed E-state index contributed by atoms with van der Waals surface area (Å²) in [4.78, 5) is 2.57. The van der Waals surface area contributed by atoms with E-state index >= 15 is 0 Å². The second kappa shape index (κ2) is 4.66. The molecule has 3 aliphatic rings. The molecule has 0 aromatic carbocycles. The van der Waals surface area contributed by atoms with Crippen LogP contribution in [0.5, 0.6) is 0 Å². The summed E-state index contributed by atoms with van der Waals surface area (Å²) < 4.78 is 6.54. The van der Waals surface area contributed by atoms with Crippen LogP contribution in [0.15, 0.2) is 16.5 Å². The Bertz CT molecular complexity index is 358. The number of nitrogens with zero attached hydrogens (tertiary/aromatic N) is 1. The highest BCUT2D eigenvalue weighted by Crippen LogP contribution is 2.27. The average Bonchev–Trinajstić information content (AvgIpc) is 2.74. The van der Waals surface area contributed by atoms with Crippen molar-refractivity contribution in [2.75, 3.05) is 19.6 Å². The van der Waals surface area contributed by atoms with Crippen LogP contribution in [0.2, 0.25) is 0 Å². The number of hydrogen-bond acceptors (Lipinski definition) is 3. The van der Waals surface area contributed by atoms with Crippen molar-refractivity contribution < 1.29 is 4.42 Å². The zero-order chi connectivity index (χ0) is 11.0. The summed E-state index contributed by atoms with van der Waals surface area (Å²) in [5.41, 5.74) is 0. The third-order valence-electron chi connectivity index (χ3n) is 3.82. The van der Waals surface area contributed by atoms with Crippen LogP contribution in [0, 0.1) is 9.68 Å². The van der Waals surface area contributed by atoms with Crippen molar-refractivity contribution in [3.8, 4) is 0 Å². The lowest BCUT2D eigenvalue weighted by Crippen LogP contribution is -2.55. The van der Waals surface area contributed by atoms with Crippen LogP contribution in [-0.2, 0) is 6.54 Å². The first-order chi connectivity index (χ1) is 7.81. The zero-order valence-corrected chi connectivity index (χ0v) is 11.4. The number of furan rings is 1. The topological polar surface area (TPSA) is 28.4 Å². The summed E-state index contributed by atoms with van der Waals surface area (Å²) in [5.74, 6) is 1.94. The van der Waals surface area contributed by atoms with Gasteiger partial charge in [0, 0.05) is 12.6 Å². The van der Waals surface area contributed by atoms with Crippen LogP contribution >= 0.6 is 22.6 Å². The van der Waals surface area contributed by atoms with Crippen molar-refractivity contribution in [1.29, 1.82) is 0 Å². The monoisotopic (exact) mass is 332 g/mol. The summed E-state index contributed by atoms with van der Waals surface area (Å²) in [6.07, 6.45) is 2.74. The average molecular weight is 332 g/mol. The van der Waals surface area contributed by atoms with E-state index in [1.54, 1.807) is 0 Å². The van der Waals surface area contributed by atoms with Gasteiger partial charge in [-0.3, -0.25) is 0 Å². The summed E-state index contributed by atoms with van der Waals surface area (Å²) in [6.45, 7) is 4.71. The molecule has 1 unspecified atom stereocenters. The molecule has 4 heteroatoms. The molecule has 4 rings (SSSR count). The molecule has 1 atom stereocenters. The van der Waals surface area contributed by atoms with Gasteiger partial charge < -0.3 is 14.6 Å². The standard InChI is InChI=1S/C12H17IN2O/c13-12-2-1-10(16-12)7-14-11-8-15-5-3-9(11)4-6-15/h1-2,9,11,14H,3-8H2. The third-order valence-corrected chi connectivity index (χ3v) is 4.40. The smallest absolute Gasteiger partial charge is 0.164 e. The highest BCUT2D eigenvalue weighted by Gasteiger charge is 2.33. The molecule has 1 aromatic heterocycles. The molecule has 2 bridgehead atoms. The van der Waals surface area contributed by atoms with Gasteiger partial charge in [0.25, 0.3) is 0 Å². The SMILES string of the molecule is Ic1ccc(CNC2CN3CCC2CC3)o1. The Morgan fingerprint density at radius 2 is 2.19 bits per heavy atom. The predicted octanol–water partition coefficient (Wildman–Crippen LogP) is 2.07. The number of nitrogens with one attached hydrogen (secondary N) is 1. The molecule has 3 fully saturated rings. The molecule has 16 heavy (non-hydrogen) atoms. The number of halogens is 1. The van der Waals surface area contributed by atoms with Gasteiger partial charge in [0.1, 0.15) is 5.76 Å². The molecule has 1 N–H and O–H groups in total. The van der Waals surface area contributed by atoms with E-state index in [-0.39, 0.29) is 0 Å². The lowest BCUT2D eigenvalue weighted by molar-refractivity contribution is 0.0711. The molecule has 0 radical (unpaired) electrons. The van der Waals surface area contributed by atoms with Crippen molar-refractivity contribution in [1.82, 2.24) is 10.2 Å². The molecule has 88 valence electrons. The van der Waals surface area contributed by atoms with Gasteiger partial charge in [0.05, 0.1) is 6.54 Å². The molecular weight excluding hydrogens is 315 g/mol. The third kappa shape index (κ3) is 2.28. The van der Waals surface area contributed by atoms with Crippen molar-refractivity contribution in [3.63, 3.8) is 0 Å². The first kappa shape index (κ1) is 11.0. The maximum Gasteiger partial charge on any atom is 0.164 e. The summed E-state index contributed by atoms with van der Waals surface area (Å²) in [7, 11) is 0. The number of piperidine rings is 3. The van der Waals surface area contributed by atoms with Crippen molar-refractivity contribution in [2.45, 2.75) is 25.4 Å². The lowest BCUT2D eigenvalue weighted by atomic mass is 9.84. The Kier molecular flexibility index (Phi) is 3.22. The van der Waals surface area contributed by atoms with Crippen molar-refractivity contribution >= 4 is 22.6 Å². The van der Waals surface area contributed by atoms with Crippen LogP contribution in [0.3, 0.4) is 0 Å². The van der Waals surface area contributed by atoms with E-state index < -0.39 is 0 Å². The van der Waals surface area contributed by atoms with Gasteiger partial charge in [-0.25, -0.2) is 0 Å². The normalized spacial score (nSPS) is 33.2. The van der Waals surface area contributed by atoms with E-state index in [2.05, 4.69) is 38.9 Å². The fourth-order valence-corrected chi connectivity index (χ4v) is 3.34. The zero-order valence-electron chi connectivity index (χ0n) is 9.29. The highest BCUT2D eigenvalue weighted by atomic mass is 127. The molecule has 3 nitrogen and oxygen atoms in total. The minimum absolute atomic E-state index is 0.672. The van der Waals surface area contributed by atoms with Crippen LogP contribution < -0.4 is 5.32 Å². The van der Waals surface area contributed by atoms with Crippen LogP contribution in [0.25, 0.3) is 0 Å². The van der Waals surface area contributed by atoms with Gasteiger partial charge in [-0.2, -0.15) is 0 Å². The molecule has 0 spiro atoms. The molecule has 0 aliphatic carbocycles. The Balaban J connectivity index is 1.55. The van der Waals surface area contributed by atoms with Gasteiger partial charge in [0.2, 0.25) is 0 Å². The van der Waals surface area contributed by atoms with Gasteiger partial charge in [-0.15, -0.1) is 0 Å². The molecule has 3 aliphatic heterocycles. The minimum atomic E-state index is 0.672. The lowest BCUT2D eigenvalue weighted by Gasteiger charge is -2.45. The fourth-order valence-electron chi connectivity index (χ4n) is 2.87. The first-order valence-electron chi connectivity index (χ1n) is 6.01. The van der Waals surface area contributed by atoms with Gasteiger partial charge >= 0.3 is 0 Å². The van der Waals surface area contributed by atoms with Crippen molar-refractivity contribution in [2.24, 2.45) is 5.92 Å². The number of fused-ring (bicyclic) bond motifs is 3. The van der Waals surface area contributed by atoms with Crippen LogP contribution in [0.1, 0.15) is 18.6 Å². The largest absolute Gasteiger partial charge is 0.454 e. The Hall–Kier alpha value is -0.0700. The summed E-state index contributed by atoms with van der Waals surface area (Å²) in [6, 6.07) is 4.76. The molecule has 0 amide bonds. The fraction of sp³-hybridized carbons (Fsp3) is 0.667. The summed E-state index contributed by atoms with van der Waals surface area (Å²) in [5, 5.41) is 3.64. The van der Waals surface area contributed by atoms with Gasteiger partial charge in [0.15, 0.2) is 3.77 Å². The molecule has 1 aromatic rings. The van der Waals surface area contributed by atoms with Gasteiger partial charge in [-0.1, -0.05) is 0 Å². The summed E-state index contributed by atoms with van der Waals surface area (Å²) >= 11 is 2.21. The second-order valence-electron chi connectivity index (χ2n) is 4.83. The number of rotatable bonds is 3. The van der Waals surface area contributed by atoms with Crippen LogP contribution in [0.4, 0.5) is 0 Å². The molecule has 4 heterocycles. The quantitative estimate of drug-likeness (QED) is 0.859. The van der Waals surface area contributed by atoms with E-state index in [0.717, 1.165) is 22.0 Å². The van der Waals surface area contributed by atoms with Crippen LogP contribution in [-0.4, -0.2) is 30.6 Å². The molecule has 3 saturated heterocycles. The van der Waals surface area contributed by atoms with E-state index in [0.29, 0.717) is 6.04 Å². The highest BCUT2D eigenvalue weighted by molar-refractivity contribution is 14.1. The van der Waals surface area contributed by atoms with E-state index in [1.165, 1.54) is 32.5 Å². The maximum atomic E-state index is 5.57. The van der Waals surface area contributed by atoms with Gasteiger partial charge in [-0.05, 0) is 66.6 Å². The van der Waals surface area contributed by atoms with E-state index in [9.17, 15) is 0 Å². The second-order valence-corrected chi connectivity index (χ2v) is 5.89. The Morgan fingerprint density at radius 1 is 1.38 bits per heavy atom. The van der Waals surface area contributed by atoms with E-state index in [4.69, 9.17) is 4.42 Å². The first-order valence-corrected chi connectivity index (χ1v) is 7.09. The molecule has 0 saturated carbocycles.